The van der Waals surface area contributed by atoms with Crippen LogP contribution in [0.25, 0.3) is 0 Å². The minimum atomic E-state index is -0.384. The molecule has 0 spiro atoms. The molecule has 0 aliphatic rings. The first-order chi connectivity index (χ1) is 3.31. The van der Waals surface area contributed by atoms with Gasteiger partial charge in [-0.2, -0.15) is 0 Å². The zero-order chi connectivity index (χ0) is 5.70. The van der Waals surface area contributed by atoms with Gasteiger partial charge in [-0.15, -0.1) is 11.8 Å². The van der Waals surface area contributed by atoms with Crippen LogP contribution in [0.15, 0.2) is 0 Å². The van der Waals surface area contributed by atoms with Crippen LogP contribution in [0.3, 0.4) is 0 Å². The van der Waals surface area contributed by atoms with Crippen molar-refractivity contribution in [2.45, 2.75) is 25.2 Å². The fourth-order valence-corrected chi connectivity index (χ4v) is 0.825. The van der Waals surface area contributed by atoms with E-state index < -0.39 is 0 Å². The third-order valence-corrected chi connectivity index (χ3v) is 1.55. The molecule has 1 unspecified atom stereocenters. The van der Waals surface area contributed by atoms with Gasteiger partial charge in [0.15, 0.2) is 0 Å². The van der Waals surface area contributed by atoms with Gasteiger partial charge in [0.25, 0.3) is 0 Å². The Balaban J connectivity index is 2.83. The van der Waals surface area contributed by atoms with Crippen LogP contribution in [0.4, 0.5) is 0 Å². The third kappa shape index (κ3) is 4.16. The molecule has 0 rings (SSSR count). The lowest BCUT2D eigenvalue weighted by Crippen LogP contribution is -1.94. The largest absolute Gasteiger partial charge is 0.221 e. The lowest BCUT2D eigenvalue weighted by molar-refractivity contribution is 0.157. The molecule has 0 bridgehead atoms. The maximum absolute atomic E-state index is 10.5. The first-order valence-corrected chi connectivity index (χ1v) is 3.78. The van der Waals surface area contributed by atoms with Gasteiger partial charge in [-0.25, -0.2) is 5.11 Å². The Morgan fingerprint density at radius 3 is 2.43 bits per heavy atom. The van der Waals surface area contributed by atoms with Gasteiger partial charge in [0.1, 0.15) is 5.44 Å². The van der Waals surface area contributed by atoms with Gasteiger partial charge in [0, 0.05) is 0 Å². The average molecular weight is 119 g/mol. The topological polar surface area (TPSA) is 19.9 Å². The van der Waals surface area contributed by atoms with Crippen molar-refractivity contribution in [3.8, 4) is 0 Å². The summed E-state index contributed by atoms with van der Waals surface area (Å²) in [6.45, 7) is 2.03. The van der Waals surface area contributed by atoms with Crippen molar-refractivity contribution < 1.29 is 5.11 Å². The third-order valence-electron chi connectivity index (χ3n) is 0.787. The molecule has 0 aliphatic heterocycles. The quantitative estimate of drug-likeness (QED) is 0.519. The van der Waals surface area contributed by atoms with Crippen LogP contribution in [0.5, 0.6) is 0 Å². The monoisotopic (exact) mass is 119 g/mol. The SMILES string of the molecule is CCCC([O])SC. The second-order valence-corrected chi connectivity index (χ2v) is 2.45. The highest BCUT2D eigenvalue weighted by Crippen LogP contribution is 2.08. The molecule has 0 aromatic rings. The summed E-state index contributed by atoms with van der Waals surface area (Å²) in [4.78, 5) is 0. The normalized spacial score (nSPS) is 14.1. The molecule has 1 radical (unpaired) electrons. The predicted molar refractivity (Wildman–Crippen MR) is 32.9 cm³/mol. The molecule has 0 heterocycles. The minimum Gasteiger partial charge on any atom is -0.221 e. The summed E-state index contributed by atoms with van der Waals surface area (Å²) >= 11 is 1.39. The van der Waals surface area contributed by atoms with Crippen LogP contribution >= 0.6 is 11.8 Å². The lowest BCUT2D eigenvalue weighted by Gasteiger charge is -1.98. The van der Waals surface area contributed by atoms with Gasteiger partial charge in [-0.05, 0) is 12.7 Å². The highest BCUT2D eigenvalue weighted by Gasteiger charge is 1.97. The Hall–Kier alpha value is 0.310. The molecule has 7 heavy (non-hydrogen) atoms. The molecule has 1 atom stereocenters. The molecule has 2 heteroatoms. The van der Waals surface area contributed by atoms with Crippen LogP contribution in [0.1, 0.15) is 19.8 Å². The van der Waals surface area contributed by atoms with Gasteiger partial charge in [0.05, 0.1) is 0 Å². The van der Waals surface area contributed by atoms with Crippen molar-refractivity contribution >= 4 is 11.8 Å². The zero-order valence-electron chi connectivity index (χ0n) is 4.81. The zero-order valence-corrected chi connectivity index (χ0v) is 5.62. The smallest absolute Gasteiger partial charge is 0.138 e. The second kappa shape index (κ2) is 4.47. The second-order valence-electron chi connectivity index (χ2n) is 1.45. The highest BCUT2D eigenvalue weighted by atomic mass is 32.2. The minimum absolute atomic E-state index is 0.384. The Bertz CT molecular complexity index is 39.1. The Kier molecular flexibility index (Phi) is 4.67. The maximum atomic E-state index is 10.5. The first kappa shape index (κ1) is 7.31. The number of rotatable bonds is 3. The molecule has 43 valence electrons. The molecule has 0 aromatic carbocycles. The van der Waals surface area contributed by atoms with E-state index >= 15 is 0 Å². The van der Waals surface area contributed by atoms with Gasteiger partial charge in [0.2, 0.25) is 0 Å². The van der Waals surface area contributed by atoms with E-state index in [1.807, 2.05) is 13.2 Å². The van der Waals surface area contributed by atoms with Gasteiger partial charge < -0.3 is 0 Å². The van der Waals surface area contributed by atoms with E-state index in [0.717, 1.165) is 12.8 Å². The van der Waals surface area contributed by atoms with Crippen molar-refractivity contribution in [3.63, 3.8) is 0 Å². The molecular weight excluding hydrogens is 108 g/mol. The number of hydrogen-bond acceptors (Lipinski definition) is 1. The molecule has 0 amide bonds. The first-order valence-electron chi connectivity index (χ1n) is 2.50. The van der Waals surface area contributed by atoms with E-state index in [1.165, 1.54) is 11.8 Å². The van der Waals surface area contributed by atoms with Crippen LogP contribution < -0.4 is 0 Å². The molecule has 0 saturated carbocycles. The van der Waals surface area contributed by atoms with E-state index in [2.05, 4.69) is 0 Å². The summed E-state index contributed by atoms with van der Waals surface area (Å²) in [6.07, 6.45) is 3.67. The standard InChI is InChI=1S/C5H11OS/c1-3-4-5(6)7-2/h5H,3-4H2,1-2H3. The molecule has 1 nitrogen and oxygen atoms in total. The van der Waals surface area contributed by atoms with E-state index in [0.29, 0.717) is 0 Å². The van der Waals surface area contributed by atoms with Crippen LogP contribution in [0.2, 0.25) is 0 Å². The van der Waals surface area contributed by atoms with Crippen molar-refractivity contribution in [1.82, 2.24) is 0 Å². The van der Waals surface area contributed by atoms with Crippen molar-refractivity contribution in [1.29, 1.82) is 0 Å². The fraction of sp³-hybridized carbons (Fsp3) is 1.00. The van der Waals surface area contributed by atoms with Gasteiger partial charge in [-0.3, -0.25) is 0 Å². The summed E-state index contributed by atoms with van der Waals surface area (Å²) in [5.74, 6) is 0. The average Bonchev–Trinajstić information content (AvgIpc) is 1.68. The van der Waals surface area contributed by atoms with E-state index in [9.17, 15) is 5.11 Å². The Morgan fingerprint density at radius 2 is 2.29 bits per heavy atom. The number of thioether (sulfide) groups is 1. The van der Waals surface area contributed by atoms with Crippen molar-refractivity contribution in [3.05, 3.63) is 0 Å². The summed E-state index contributed by atoms with van der Waals surface area (Å²) in [6, 6.07) is 0. The van der Waals surface area contributed by atoms with Crippen LogP contribution in [0, 0.1) is 0 Å². The van der Waals surface area contributed by atoms with Crippen LogP contribution in [-0.4, -0.2) is 11.7 Å². The highest BCUT2D eigenvalue weighted by molar-refractivity contribution is 7.99. The molecule has 0 fully saturated rings. The summed E-state index contributed by atoms with van der Waals surface area (Å²) < 4.78 is 0. The van der Waals surface area contributed by atoms with Crippen molar-refractivity contribution in [2.75, 3.05) is 6.26 Å². The maximum Gasteiger partial charge on any atom is 0.138 e. The Morgan fingerprint density at radius 1 is 1.71 bits per heavy atom. The summed E-state index contributed by atoms with van der Waals surface area (Å²) in [5, 5.41) is 10.5. The number of hydrogen-bond donors (Lipinski definition) is 0. The predicted octanol–water partition coefficient (Wildman–Crippen LogP) is 1.91. The van der Waals surface area contributed by atoms with Crippen LogP contribution in [-0.2, 0) is 5.11 Å². The fourth-order valence-electron chi connectivity index (χ4n) is 0.354. The summed E-state index contributed by atoms with van der Waals surface area (Å²) in [5.41, 5.74) is -0.384. The molecular formula is C5H11OS. The summed E-state index contributed by atoms with van der Waals surface area (Å²) in [7, 11) is 0. The lowest BCUT2D eigenvalue weighted by atomic mass is 10.4. The van der Waals surface area contributed by atoms with Gasteiger partial charge >= 0.3 is 0 Å². The van der Waals surface area contributed by atoms with Crippen molar-refractivity contribution in [2.24, 2.45) is 0 Å². The van der Waals surface area contributed by atoms with E-state index in [1.54, 1.807) is 0 Å². The molecule has 0 aromatic heterocycles. The van der Waals surface area contributed by atoms with Gasteiger partial charge in [-0.1, -0.05) is 13.3 Å². The Labute approximate surface area is 49.1 Å². The molecule has 0 aliphatic carbocycles. The van der Waals surface area contributed by atoms with E-state index in [-0.39, 0.29) is 5.44 Å². The molecule has 0 N–H and O–H groups in total. The van der Waals surface area contributed by atoms with E-state index in [4.69, 9.17) is 0 Å². The molecule has 0 saturated heterocycles.